The first-order valence-electron chi connectivity index (χ1n) is 8.78. The lowest BCUT2D eigenvalue weighted by Crippen LogP contribution is -2.50. The number of rotatable bonds is 4. The van der Waals surface area contributed by atoms with Crippen LogP contribution in [0.4, 0.5) is 19.0 Å². The van der Waals surface area contributed by atoms with Gasteiger partial charge in [-0.3, -0.25) is 9.78 Å². The molecule has 1 amide bonds. The monoisotopic (exact) mass is 429 g/mol. The maximum absolute atomic E-state index is 13.6. The number of nitrogens with one attached hydrogen (secondary N) is 1. The Labute approximate surface area is 170 Å². The highest BCUT2D eigenvalue weighted by molar-refractivity contribution is 6.30. The zero-order chi connectivity index (χ0) is 21.2. The second-order valence-electron chi connectivity index (χ2n) is 6.66. The first-order chi connectivity index (χ1) is 13.7. The Bertz CT molecular complexity index is 911. The molecule has 1 fully saturated rings. The number of anilines is 1. The number of piperidine rings is 1. The lowest BCUT2D eigenvalue weighted by molar-refractivity contribution is -0.143. The first kappa shape index (κ1) is 21.3. The third kappa shape index (κ3) is 4.27. The summed E-state index contributed by atoms with van der Waals surface area (Å²) in [5.74, 6) is 0.0321. The van der Waals surface area contributed by atoms with Gasteiger partial charge in [-0.25, -0.2) is 0 Å². The maximum atomic E-state index is 13.6. The number of methoxy groups -OCH3 is 1. The Morgan fingerprint density at radius 2 is 2.10 bits per heavy atom. The average Bonchev–Trinajstić information content (AvgIpc) is 2.72. The minimum absolute atomic E-state index is 0.0861. The van der Waals surface area contributed by atoms with Crippen LogP contribution in [0.2, 0.25) is 5.02 Å². The summed E-state index contributed by atoms with van der Waals surface area (Å²) in [6, 6.07) is 2.36. The summed E-state index contributed by atoms with van der Waals surface area (Å²) < 4.78 is 46.5. The van der Waals surface area contributed by atoms with Crippen LogP contribution < -0.4 is 5.32 Å². The normalized spacial score (nSPS) is 19.9. The molecule has 1 aliphatic rings. The largest absolute Gasteiger partial charge is 0.418 e. The van der Waals surface area contributed by atoms with Crippen molar-refractivity contribution in [2.75, 3.05) is 32.6 Å². The van der Waals surface area contributed by atoms with Crippen molar-refractivity contribution < 1.29 is 22.7 Å². The number of hydrogen-bond donors (Lipinski definition) is 1. The van der Waals surface area contributed by atoms with E-state index >= 15 is 0 Å². The molecule has 0 spiro atoms. The smallest absolute Gasteiger partial charge is 0.372 e. The molecule has 1 saturated heterocycles. The Morgan fingerprint density at radius 3 is 2.76 bits per heavy atom. The fraction of sp³-hybridized carbons (Fsp3) is 0.444. The molecule has 1 N–H and O–H groups in total. The van der Waals surface area contributed by atoms with Gasteiger partial charge >= 0.3 is 6.18 Å². The van der Waals surface area contributed by atoms with Gasteiger partial charge < -0.3 is 15.0 Å². The summed E-state index contributed by atoms with van der Waals surface area (Å²) in [7, 11) is 2.96. The van der Waals surface area contributed by atoms with Crippen LogP contribution in [0, 0.1) is 0 Å². The van der Waals surface area contributed by atoms with E-state index in [2.05, 4.69) is 20.5 Å². The molecule has 0 saturated carbocycles. The molecular formula is C18H19ClF3N5O2. The molecule has 1 unspecified atom stereocenters. The number of likely N-dealkylation sites (tertiary alicyclic amines) is 1. The molecule has 156 valence electrons. The minimum Gasteiger partial charge on any atom is -0.372 e. The number of halogens is 4. The van der Waals surface area contributed by atoms with Crippen molar-refractivity contribution in [1.29, 1.82) is 0 Å². The number of carbonyl (C=O) groups is 1. The molecule has 7 nitrogen and oxygen atoms in total. The van der Waals surface area contributed by atoms with Crippen LogP contribution in [0.5, 0.6) is 0 Å². The number of alkyl halides is 3. The third-order valence-electron chi connectivity index (χ3n) is 4.88. The van der Waals surface area contributed by atoms with Crippen LogP contribution in [0.15, 0.2) is 24.5 Å². The summed E-state index contributed by atoms with van der Waals surface area (Å²) in [5.41, 5.74) is -2.38. The zero-order valence-electron chi connectivity index (χ0n) is 15.8. The number of aromatic nitrogens is 3. The van der Waals surface area contributed by atoms with Crippen LogP contribution in [0.1, 0.15) is 34.5 Å². The maximum Gasteiger partial charge on any atom is 0.418 e. The molecule has 0 aromatic carbocycles. The van der Waals surface area contributed by atoms with Gasteiger partial charge in [-0.1, -0.05) is 11.6 Å². The number of pyridine rings is 1. The second kappa shape index (κ2) is 8.11. The lowest BCUT2D eigenvalue weighted by atomic mass is 9.86. The van der Waals surface area contributed by atoms with E-state index < -0.39 is 17.3 Å². The molecule has 3 rings (SSSR count). The van der Waals surface area contributed by atoms with Crippen molar-refractivity contribution >= 4 is 23.3 Å². The van der Waals surface area contributed by atoms with E-state index in [4.69, 9.17) is 16.3 Å². The number of amides is 1. The van der Waals surface area contributed by atoms with Crippen molar-refractivity contribution in [1.82, 2.24) is 20.1 Å². The number of hydrogen-bond acceptors (Lipinski definition) is 6. The summed E-state index contributed by atoms with van der Waals surface area (Å²) >= 11 is 5.75. The highest BCUT2D eigenvalue weighted by Crippen LogP contribution is 2.42. The highest BCUT2D eigenvalue weighted by atomic mass is 35.5. The topological polar surface area (TPSA) is 80.2 Å². The second-order valence-corrected chi connectivity index (χ2v) is 7.09. The Balaban J connectivity index is 1.98. The van der Waals surface area contributed by atoms with E-state index in [1.807, 2.05) is 0 Å². The standard InChI is InChI=1S/C18H19ClF3N5O2/c1-23-14-6-11(8-25-26-14)16(28)27-5-3-4-17(10-27,29-2)15-13(18(20,21)22)7-12(19)9-24-15/h6-9H,3-5,10H2,1-2H3,(H,23,26). The molecular weight excluding hydrogens is 411 g/mol. The fourth-order valence-electron chi connectivity index (χ4n) is 3.46. The molecule has 3 heterocycles. The van der Waals surface area contributed by atoms with E-state index in [-0.39, 0.29) is 35.2 Å². The lowest BCUT2D eigenvalue weighted by Gasteiger charge is -2.42. The van der Waals surface area contributed by atoms with E-state index in [9.17, 15) is 18.0 Å². The summed E-state index contributed by atoms with van der Waals surface area (Å²) in [5, 5.41) is 10.3. The summed E-state index contributed by atoms with van der Waals surface area (Å²) in [6.45, 7) is 0.285. The predicted molar refractivity (Wildman–Crippen MR) is 99.7 cm³/mol. The molecule has 1 atom stereocenters. The number of ether oxygens (including phenoxy) is 1. The van der Waals surface area contributed by atoms with E-state index in [0.29, 0.717) is 18.8 Å². The molecule has 11 heteroatoms. The van der Waals surface area contributed by atoms with Crippen molar-refractivity contribution in [2.24, 2.45) is 0 Å². The average molecular weight is 430 g/mol. The van der Waals surface area contributed by atoms with Crippen molar-refractivity contribution in [3.8, 4) is 0 Å². The molecule has 2 aromatic rings. The predicted octanol–water partition coefficient (Wildman–Crippen LogP) is 3.36. The van der Waals surface area contributed by atoms with Crippen molar-refractivity contribution in [3.63, 3.8) is 0 Å². The highest BCUT2D eigenvalue weighted by Gasteiger charge is 2.46. The van der Waals surface area contributed by atoms with Gasteiger partial charge in [-0.05, 0) is 25.0 Å². The van der Waals surface area contributed by atoms with E-state index in [1.165, 1.54) is 24.3 Å². The van der Waals surface area contributed by atoms with Gasteiger partial charge in [0, 0.05) is 26.9 Å². The van der Waals surface area contributed by atoms with Crippen LogP contribution in [-0.2, 0) is 16.5 Å². The van der Waals surface area contributed by atoms with Crippen molar-refractivity contribution in [3.05, 3.63) is 46.4 Å². The van der Waals surface area contributed by atoms with Gasteiger partial charge in [0.1, 0.15) is 11.4 Å². The molecule has 0 bridgehead atoms. The molecule has 2 aromatic heterocycles. The van der Waals surface area contributed by atoms with Gasteiger partial charge in [-0.2, -0.15) is 18.3 Å². The number of nitrogens with zero attached hydrogens (tertiary/aromatic N) is 4. The Kier molecular flexibility index (Phi) is 5.95. The van der Waals surface area contributed by atoms with Gasteiger partial charge in [0.2, 0.25) is 0 Å². The van der Waals surface area contributed by atoms with Gasteiger partial charge in [0.15, 0.2) is 0 Å². The molecule has 29 heavy (non-hydrogen) atoms. The molecule has 0 radical (unpaired) electrons. The fourth-order valence-corrected chi connectivity index (χ4v) is 3.62. The van der Waals surface area contributed by atoms with Gasteiger partial charge in [0.25, 0.3) is 5.91 Å². The Morgan fingerprint density at radius 1 is 1.34 bits per heavy atom. The molecule has 1 aliphatic heterocycles. The summed E-state index contributed by atoms with van der Waals surface area (Å²) in [4.78, 5) is 18.4. The zero-order valence-corrected chi connectivity index (χ0v) is 16.5. The van der Waals surface area contributed by atoms with E-state index in [0.717, 1.165) is 12.3 Å². The quantitative estimate of drug-likeness (QED) is 0.802. The van der Waals surface area contributed by atoms with E-state index in [1.54, 1.807) is 7.05 Å². The van der Waals surface area contributed by atoms with Gasteiger partial charge in [0.05, 0.1) is 34.6 Å². The van der Waals surface area contributed by atoms with Crippen LogP contribution in [0.25, 0.3) is 0 Å². The Hall–Kier alpha value is -2.46. The SMILES string of the molecule is CNc1cc(C(=O)N2CCCC(OC)(c3ncc(Cl)cc3C(F)(F)F)C2)cnn1. The minimum atomic E-state index is -4.66. The van der Waals surface area contributed by atoms with Crippen molar-refractivity contribution in [2.45, 2.75) is 24.6 Å². The number of carbonyl (C=O) groups excluding carboxylic acids is 1. The first-order valence-corrected chi connectivity index (χ1v) is 9.16. The van der Waals surface area contributed by atoms with Crippen LogP contribution >= 0.6 is 11.6 Å². The van der Waals surface area contributed by atoms with Gasteiger partial charge in [-0.15, -0.1) is 5.10 Å². The third-order valence-corrected chi connectivity index (χ3v) is 5.09. The van der Waals surface area contributed by atoms with Crippen LogP contribution in [0.3, 0.4) is 0 Å². The molecule has 0 aliphatic carbocycles. The summed E-state index contributed by atoms with van der Waals surface area (Å²) in [6.07, 6.45) is -1.48. The van der Waals surface area contributed by atoms with Crippen LogP contribution in [-0.4, -0.2) is 53.2 Å².